The number of nitrogens with one attached hydrogen (secondary N) is 1. The Morgan fingerprint density at radius 2 is 1.93 bits per heavy atom. The molecule has 2 aromatic carbocycles. The quantitative estimate of drug-likeness (QED) is 0.665. The van der Waals surface area contributed by atoms with Crippen molar-refractivity contribution in [3.63, 3.8) is 0 Å². The summed E-state index contributed by atoms with van der Waals surface area (Å²) >= 11 is 5.93. The molecule has 1 aromatic heterocycles. The highest BCUT2D eigenvalue weighted by Crippen LogP contribution is 2.20. The Balaban J connectivity index is 1.63. The van der Waals surface area contributed by atoms with E-state index >= 15 is 0 Å². The second-order valence-electron chi connectivity index (χ2n) is 6.60. The molecule has 0 aliphatic carbocycles. The summed E-state index contributed by atoms with van der Waals surface area (Å²) in [5.41, 5.74) is 3.27. The predicted octanol–water partition coefficient (Wildman–Crippen LogP) is 4.16. The first-order valence-corrected chi connectivity index (χ1v) is 9.49. The highest BCUT2D eigenvalue weighted by Gasteiger charge is 2.09. The lowest BCUT2D eigenvalue weighted by Crippen LogP contribution is -2.23. The summed E-state index contributed by atoms with van der Waals surface area (Å²) in [6, 6.07) is 17.8. The summed E-state index contributed by atoms with van der Waals surface area (Å²) in [7, 11) is 0. The Morgan fingerprint density at radius 3 is 2.66 bits per heavy atom. The minimum absolute atomic E-state index is 0.181. The lowest BCUT2D eigenvalue weighted by Gasteiger charge is -2.09. The number of hydrogen-bond acceptors (Lipinski definition) is 4. The Labute approximate surface area is 173 Å². The van der Waals surface area contributed by atoms with E-state index in [-0.39, 0.29) is 17.9 Å². The second kappa shape index (κ2) is 9.18. The zero-order valence-electron chi connectivity index (χ0n) is 15.9. The van der Waals surface area contributed by atoms with Gasteiger partial charge in [0.25, 0.3) is 5.56 Å². The van der Waals surface area contributed by atoms with Crippen molar-refractivity contribution < 1.29 is 4.79 Å². The lowest BCUT2D eigenvalue weighted by atomic mass is 10.1. The van der Waals surface area contributed by atoms with Crippen molar-refractivity contribution in [3.05, 3.63) is 81.1 Å². The van der Waals surface area contributed by atoms with Crippen LogP contribution in [0.3, 0.4) is 0 Å². The van der Waals surface area contributed by atoms with Gasteiger partial charge in [-0.25, -0.2) is 4.68 Å². The molecular weight excluding hydrogens is 388 g/mol. The normalized spacial score (nSPS) is 10.4. The Hall–Kier alpha value is -3.43. The maximum absolute atomic E-state index is 12.2. The number of aryl methyl sites for hydroxylation is 2. The third-order valence-corrected chi connectivity index (χ3v) is 4.60. The summed E-state index contributed by atoms with van der Waals surface area (Å²) < 4.78 is 1.36. The van der Waals surface area contributed by atoms with Crippen LogP contribution in [0.25, 0.3) is 11.3 Å². The van der Waals surface area contributed by atoms with Gasteiger partial charge in [0, 0.05) is 29.6 Å². The van der Waals surface area contributed by atoms with Crippen molar-refractivity contribution in [2.45, 2.75) is 26.3 Å². The van der Waals surface area contributed by atoms with E-state index in [2.05, 4.69) is 10.4 Å². The van der Waals surface area contributed by atoms with Gasteiger partial charge in [-0.2, -0.15) is 10.4 Å². The number of halogens is 1. The number of amides is 1. The van der Waals surface area contributed by atoms with Crippen molar-refractivity contribution in [3.8, 4) is 17.3 Å². The number of anilines is 1. The molecular formula is C22H19ClN4O2. The molecule has 0 fully saturated rings. The van der Waals surface area contributed by atoms with Gasteiger partial charge in [0.15, 0.2) is 0 Å². The molecule has 0 saturated carbocycles. The summed E-state index contributed by atoms with van der Waals surface area (Å²) in [5, 5.41) is 16.7. The smallest absolute Gasteiger partial charge is 0.266 e. The first-order valence-electron chi connectivity index (χ1n) is 9.11. The fraction of sp³-hybridized carbons (Fsp3) is 0.182. The molecule has 1 heterocycles. The van der Waals surface area contributed by atoms with E-state index in [4.69, 9.17) is 16.9 Å². The topological polar surface area (TPSA) is 87.8 Å². The maximum atomic E-state index is 12.2. The Morgan fingerprint density at radius 1 is 1.17 bits per heavy atom. The van der Waals surface area contributed by atoms with Crippen LogP contribution in [0.5, 0.6) is 0 Å². The number of rotatable bonds is 6. The number of carbonyl (C=O) groups is 1. The fourth-order valence-corrected chi connectivity index (χ4v) is 2.98. The highest BCUT2D eigenvalue weighted by molar-refractivity contribution is 6.31. The van der Waals surface area contributed by atoms with Crippen LogP contribution < -0.4 is 10.9 Å². The molecule has 0 spiro atoms. The maximum Gasteiger partial charge on any atom is 0.266 e. The van der Waals surface area contributed by atoms with Crippen LogP contribution in [0.4, 0.5) is 5.69 Å². The molecule has 0 aliphatic heterocycles. The average molecular weight is 407 g/mol. The fourth-order valence-electron chi connectivity index (χ4n) is 2.81. The van der Waals surface area contributed by atoms with Gasteiger partial charge in [-0.15, -0.1) is 0 Å². The van der Waals surface area contributed by atoms with Crippen molar-refractivity contribution in [2.75, 3.05) is 5.32 Å². The zero-order valence-corrected chi connectivity index (χ0v) is 16.6. The van der Waals surface area contributed by atoms with Crippen LogP contribution in [-0.4, -0.2) is 15.7 Å². The van der Waals surface area contributed by atoms with E-state index in [0.29, 0.717) is 34.9 Å². The van der Waals surface area contributed by atoms with Gasteiger partial charge in [0.05, 0.1) is 16.9 Å². The third-order valence-electron chi connectivity index (χ3n) is 4.36. The Bertz CT molecular complexity index is 1130. The van der Waals surface area contributed by atoms with Crippen LogP contribution in [-0.2, 0) is 11.3 Å². The van der Waals surface area contributed by atoms with Crippen LogP contribution in [0.1, 0.15) is 24.0 Å². The van der Waals surface area contributed by atoms with Gasteiger partial charge in [0.1, 0.15) is 6.07 Å². The molecule has 0 atom stereocenters. The molecule has 7 heteroatoms. The van der Waals surface area contributed by atoms with Gasteiger partial charge >= 0.3 is 0 Å². The first-order chi connectivity index (χ1) is 14.0. The summed E-state index contributed by atoms with van der Waals surface area (Å²) in [4.78, 5) is 24.3. The molecule has 1 amide bonds. The second-order valence-corrected chi connectivity index (χ2v) is 7.04. The highest BCUT2D eigenvalue weighted by atomic mass is 35.5. The Kier molecular flexibility index (Phi) is 6.43. The van der Waals surface area contributed by atoms with Gasteiger partial charge in [-0.1, -0.05) is 41.4 Å². The number of nitriles is 1. The number of nitrogens with zero attached hydrogens (tertiary/aromatic N) is 3. The molecule has 0 aliphatic rings. The standard InChI is InChI=1S/C22H19ClN4O2/c1-15-4-6-16(7-5-15)19-10-11-22(29)27(26-19)12-2-3-21(28)25-20-13-18(23)9-8-17(20)14-24/h4-11,13H,2-3,12H2,1H3,(H,25,28). The van der Waals surface area contributed by atoms with Crippen LogP contribution in [0.2, 0.25) is 5.02 Å². The molecule has 0 saturated heterocycles. The van der Waals surface area contributed by atoms with Crippen LogP contribution in [0, 0.1) is 18.3 Å². The monoisotopic (exact) mass is 406 g/mol. The minimum atomic E-state index is -0.258. The van der Waals surface area contributed by atoms with Crippen LogP contribution >= 0.6 is 11.6 Å². The van der Waals surface area contributed by atoms with E-state index in [9.17, 15) is 9.59 Å². The molecule has 3 rings (SSSR count). The van der Waals surface area contributed by atoms with Gasteiger partial charge < -0.3 is 5.32 Å². The summed E-state index contributed by atoms with van der Waals surface area (Å²) in [5.74, 6) is -0.258. The molecule has 0 radical (unpaired) electrons. The van der Waals surface area contributed by atoms with Gasteiger partial charge in [-0.05, 0) is 37.6 Å². The van der Waals surface area contributed by atoms with Crippen molar-refractivity contribution >= 4 is 23.2 Å². The van der Waals surface area contributed by atoms with E-state index in [1.165, 1.54) is 16.8 Å². The average Bonchev–Trinajstić information content (AvgIpc) is 2.70. The zero-order chi connectivity index (χ0) is 20.8. The van der Waals surface area contributed by atoms with Gasteiger partial charge in [-0.3, -0.25) is 9.59 Å². The molecule has 6 nitrogen and oxygen atoms in total. The third kappa shape index (κ3) is 5.31. The van der Waals surface area contributed by atoms with E-state index in [0.717, 1.165) is 11.1 Å². The van der Waals surface area contributed by atoms with E-state index in [1.54, 1.807) is 18.2 Å². The number of benzene rings is 2. The number of aromatic nitrogens is 2. The molecule has 1 N–H and O–H groups in total. The SMILES string of the molecule is Cc1ccc(-c2ccc(=O)n(CCCC(=O)Nc3cc(Cl)ccc3C#N)n2)cc1. The van der Waals surface area contributed by atoms with Crippen molar-refractivity contribution in [1.82, 2.24) is 9.78 Å². The lowest BCUT2D eigenvalue weighted by molar-refractivity contribution is -0.116. The minimum Gasteiger partial charge on any atom is -0.325 e. The summed E-state index contributed by atoms with van der Waals surface area (Å²) in [6.07, 6.45) is 0.610. The van der Waals surface area contributed by atoms with Crippen molar-refractivity contribution in [1.29, 1.82) is 5.26 Å². The first kappa shape index (κ1) is 20.3. The van der Waals surface area contributed by atoms with Gasteiger partial charge in [0.2, 0.25) is 5.91 Å². The predicted molar refractivity (Wildman–Crippen MR) is 113 cm³/mol. The summed E-state index contributed by atoms with van der Waals surface area (Å²) in [6.45, 7) is 2.32. The van der Waals surface area contributed by atoms with E-state index in [1.807, 2.05) is 37.3 Å². The largest absolute Gasteiger partial charge is 0.325 e. The van der Waals surface area contributed by atoms with Crippen molar-refractivity contribution in [2.24, 2.45) is 0 Å². The number of hydrogen-bond donors (Lipinski definition) is 1. The molecule has 0 bridgehead atoms. The van der Waals surface area contributed by atoms with E-state index < -0.39 is 0 Å². The molecule has 0 unspecified atom stereocenters. The molecule has 29 heavy (non-hydrogen) atoms. The molecule has 146 valence electrons. The molecule has 3 aromatic rings. The number of carbonyl (C=O) groups excluding carboxylic acids is 1. The van der Waals surface area contributed by atoms with Crippen LogP contribution in [0.15, 0.2) is 59.4 Å².